The molecule has 0 aromatic heterocycles. The van der Waals surface area contributed by atoms with E-state index < -0.39 is 11.4 Å². The van der Waals surface area contributed by atoms with Gasteiger partial charge in [-0.05, 0) is 11.1 Å². The fourth-order valence-electron chi connectivity index (χ4n) is 4.31. The number of aliphatic hydroxyl groups is 1. The summed E-state index contributed by atoms with van der Waals surface area (Å²) in [5, 5.41) is 12.4. The zero-order chi connectivity index (χ0) is 16.1. The molecule has 4 atom stereocenters. The van der Waals surface area contributed by atoms with Crippen LogP contribution in [0.4, 0.5) is 0 Å². The second-order valence-electron chi connectivity index (χ2n) is 6.28. The normalized spacial score (nSPS) is 35.1. The van der Waals surface area contributed by atoms with Gasteiger partial charge in [-0.25, -0.2) is 0 Å². The Bertz CT molecular complexity index is 720. The van der Waals surface area contributed by atoms with Gasteiger partial charge in [0.25, 0.3) is 0 Å². The summed E-state index contributed by atoms with van der Waals surface area (Å²) in [7, 11) is 1.62. The SMILES string of the molecule is CO[C@@]12O[C@H](CBr)[C@H](c3ccccc3)[C@]1(O)Cc1ccccc12. The first-order chi connectivity index (χ1) is 11.2. The highest BCUT2D eigenvalue weighted by Gasteiger charge is 2.70. The average molecular weight is 375 g/mol. The van der Waals surface area contributed by atoms with Crippen LogP contribution in [0.3, 0.4) is 0 Å². The lowest BCUT2D eigenvalue weighted by Gasteiger charge is -2.36. The number of ether oxygens (including phenoxy) is 2. The van der Waals surface area contributed by atoms with E-state index in [0.717, 1.165) is 16.7 Å². The molecule has 1 aliphatic heterocycles. The molecule has 4 heteroatoms. The molecule has 2 aliphatic rings. The summed E-state index contributed by atoms with van der Waals surface area (Å²) in [6.45, 7) is 0. The van der Waals surface area contributed by atoms with Crippen molar-refractivity contribution in [2.24, 2.45) is 0 Å². The van der Waals surface area contributed by atoms with Crippen LogP contribution >= 0.6 is 15.9 Å². The Morgan fingerprint density at radius 3 is 2.57 bits per heavy atom. The Balaban J connectivity index is 1.91. The number of hydrogen-bond donors (Lipinski definition) is 1. The maximum atomic E-state index is 11.7. The number of halogens is 1. The fourth-order valence-corrected chi connectivity index (χ4v) is 4.82. The van der Waals surface area contributed by atoms with Gasteiger partial charge < -0.3 is 14.6 Å². The Kier molecular flexibility index (Phi) is 3.61. The third-order valence-electron chi connectivity index (χ3n) is 5.20. The van der Waals surface area contributed by atoms with Gasteiger partial charge in [-0.15, -0.1) is 0 Å². The lowest BCUT2D eigenvalue weighted by molar-refractivity contribution is -0.278. The van der Waals surface area contributed by atoms with Crippen LogP contribution in [0.1, 0.15) is 22.6 Å². The van der Waals surface area contributed by atoms with E-state index in [1.807, 2.05) is 42.5 Å². The molecule has 0 unspecified atom stereocenters. The summed E-state index contributed by atoms with van der Waals surface area (Å²) in [6, 6.07) is 18.1. The van der Waals surface area contributed by atoms with Crippen LogP contribution in [0.2, 0.25) is 0 Å². The predicted octanol–water partition coefficient (Wildman–Crippen LogP) is 3.35. The molecule has 1 saturated heterocycles. The largest absolute Gasteiger partial charge is 0.383 e. The molecule has 1 heterocycles. The van der Waals surface area contributed by atoms with Gasteiger partial charge >= 0.3 is 0 Å². The number of rotatable bonds is 3. The predicted molar refractivity (Wildman–Crippen MR) is 91.6 cm³/mol. The number of benzene rings is 2. The molecular formula is C19H19BrO3. The smallest absolute Gasteiger partial charge is 0.226 e. The van der Waals surface area contributed by atoms with Crippen LogP contribution in [-0.2, 0) is 21.7 Å². The minimum atomic E-state index is -1.12. The molecule has 2 aromatic rings. The third kappa shape index (κ3) is 1.92. The first-order valence-corrected chi connectivity index (χ1v) is 8.93. The molecule has 120 valence electrons. The van der Waals surface area contributed by atoms with Crippen molar-refractivity contribution in [1.29, 1.82) is 0 Å². The van der Waals surface area contributed by atoms with E-state index in [1.54, 1.807) is 7.11 Å². The van der Waals surface area contributed by atoms with E-state index in [1.165, 1.54) is 0 Å². The molecule has 0 spiro atoms. The first-order valence-electron chi connectivity index (χ1n) is 7.81. The highest BCUT2D eigenvalue weighted by atomic mass is 79.9. The molecule has 1 fully saturated rings. The van der Waals surface area contributed by atoms with E-state index in [-0.39, 0.29) is 12.0 Å². The van der Waals surface area contributed by atoms with E-state index in [2.05, 4.69) is 28.1 Å². The molecule has 1 N–H and O–H groups in total. The van der Waals surface area contributed by atoms with Crippen molar-refractivity contribution in [2.45, 2.75) is 29.8 Å². The fraction of sp³-hybridized carbons (Fsp3) is 0.368. The number of methoxy groups -OCH3 is 1. The molecule has 0 amide bonds. The van der Waals surface area contributed by atoms with E-state index >= 15 is 0 Å². The van der Waals surface area contributed by atoms with Gasteiger partial charge in [0.05, 0.1) is 6.10 Å². The second kappa shape index (κ2) is 5.42. The monoisotopic (exact) mass is 374 g/mol. The molecular weight excluding hydrogens is 356 g/mol. The van der Waals surface area contributed by atoms with Crippen LogP contribution < -0.4 is 0 Å². The third-order valence-corrected chi connectivity index (χ3v) is 5.84. The van der Waals surface area contributed by atoms with Crippen molar-refractivity contribution in [2.75, 3.05) is 12.4 Å². The summed E-state index contributed by atoms with van der Waals surface area (Å²) in [5.74, 6) is -1.27. The Morgan fingerprint density at radius 1 is 1.17 bits per heavy atom. The van der Waals surface area contributed by atoms with Crippen molar-refractivity contribution >= 4 is 15.9 Å². The summed E-state index contributed by atoms with van der Waals surface area (Å²) < 4.78 is 12.2. The lowest BCUT2D eigenvalue weighted by Crippen LogP contribution is -2.49. The number of alkyl halides is 1. The molecule has 1 aliphatic carbocycles. The molecule has 23 heavy (non-hydrogen) atoms. The first kappa shape index (κ1) is 15.3. The number of hydrogen-bond acceptors (Lipinski definition) is 3. The molecule has 3 nitrogen and oxygen atoms in total. The van der Waals surface area contributed by atoms with Gasteiger partial charge in [0.15, 0.2) is 0 Å². The van der Waals surface area contributed by atoms with Crippen molar-refractivity contribution in [3.63, 3.8) is 0 Å². The van der Waals surface area contributed by atoms with Crippen LogP contribution in [0, 0.1) is 0 Å². The average Bonchev–Trinajstić information content (AvgIpc) is 2.98. The van der Waals surface area contributed by atoms with Crippen molar-refractivity contribution in [1.82, 2.24) is 0 Å². The maximum Gasteiger partial charge on any atom is 0.226 e. The Morgan fingerprint density at radius 2 is 1.87 bits per heavy atom. The van der Waals surface area contributed by atoms with E-state index in [9.17, 15) is 5.11 Å². The second-order valence-corrected chi connectivity index (χ2v) is 6.93. The van der Waals surface area contributed by atoms with Gasteiger partial charge in [-0.3, -0.25) is 0 Å². The van der Waals surface area contributed by atoms with E-state index in [0.29, 0.717) is 11.8 Å². The van der Waals surface area contributed by atoms with Crippen LogP contribution in [-0.4, -0.2) is 29.3 Å². The van der Waals surface area contributed by atoms with Crippen molar-refractivity contribution in [3.05, 3.63) is 71.3 Å². The van der Waals surface area contributed by atoms with Gasteiger partial charge in [0, 0.05) is 30.3 Å². The van der Waals surface area contributed by atoms with Gasteiger partial charge in [0.2, 0.25) is 5.79 Å². The van der Waals surface area contributed by atoms with Gasteiger partial charge in [-0.1, -0.05) is 70.5 Å². The van der Waals surface area contributed by atoms with Crippen LogP contribution in [0.15, 0.2) is 54.6 Å². The van der Waals surface area contributed by atoms with Crippen LogP contribution in [0.5, 0.6) is 0 Å². The summed E-state index contributed by atoms with van der Waals surface area (Å²) in [5.41, 5.74) is 1.98. The summed E-state index contributed by atoms with van der Waals surface area (Å²) >= 11 is 3.55. The highest BCUT2D eigenvalue weighted by molar-refractivity contribution is 9.09. The van der Waals surface area contributed by atoms with Gasteiger partial charge in [-0.2, -0.15) is 0 Å². The molecule has 0 saturated carbocycles. The van der Waals surface area contributed by atoms with Gasteiger partial charge in [0.1, 0.15) is 5.60 Å². The zero-order valence-corrected chi connectivity index (χ0v) is 14.5. The molecule has 4 rings (SSSR count). The standard InChI is InChI=1S/C19H19BrO3/c1-22-19-15-10-6-5-9-14(15)11-18(19,21)17(16(12-20)23-19)13-7-3-2-4-8-13/h2-10,16-17,21H,11-12H2,1H3/t16-,17+,18-,19+/m1/s1. The number of fused-ring (bicyclic) bond motifs is 3. The van der Waals surface area contributed by atoms with Crippen molar-refractivity contribution in [3.8, 4) is 0 Å². The van der Waals surface area contributed by atoms with Crippen molar-refractivity contribution < 1.29 is 14.6 Å². The highest BCUT2D eigenvalue weighted by Crippen LogP contribution is 2.60. The topological polar surface area (TPSA) is 38.7 Å². The maximum absolute atomic E-state index is 11.7. The van der Waals surface area contributed by atoms with Crippen LogP contribution in [0.25, 0.3) is 0 Å². The molecule has 0 radical (unpaired) electrons. The zero-order valence-electron chi connectivity index (χ0n) is 12.9. The molecule has 0 bridgehead atoms. The Hall–Kier alpha value is -1.20. The lowest BCUT2D eigenvalue weighted by atomic mass is 9.77. The Labute approximate surface area is 144 Å². The summed E-state index contributed by atoms with van der Waals surface area (Å²) in [4.78, 5) is 0. The minimum absolute atomic E-state index is 0.157. The molecule has 2 aromatic carbocycles. The quantitative estimate of drug-likeness (QED) is 0.837. The summed E-state index contributed by atoms with van der Waals surface area (Å²) in [6.07, 6.45) is 0.371. The van der Waals surface area contributed by atoms with E-state index in [4.69, 9.17) is 9.47 Å². The minimum Gasteiger partial charge on any atom is -0.383 e.